The van der Waals surface area contributed by atoms with E-state index in [-0.39, 0.29) is 24.5 Å². The molecule has 0 unspecified atom stereocenters. The first-order chi connectivity index (χ1) is 14.2. The van der Waals surface area contributed by atoms with Crippen molar-refractivity contribution in [3.05, 3.63) is 41.6 Å². The van der Waals surface area contributed by atoms with E-state index < -0.39 is 0 Å². The van der Waals surface area contributed by atoms with Crippen molar-refractivity contribution < 1.29 is 14.7 Å². The fraction of sp³-hybridized carbons (Fsp3) is 0.565. The summed E-state index contributed by atoms with van der Waals surface area (Å²) in [6.45, 7) is 3.77. The molecule has 1 N–H and O–H groups in total. The van der Waals surface area contributed by atoms with Crippen molar-refractivity contribution in [3.63, 3.8) is 0 Å². The maximum Gasteiger partial charge on any atom is 0.278 e. The predicted octanol–water partition coefficient (Wildman–Crippen LogP) is 2.10. The molecule has 4 rings (SSSR count). The van der Waals surface area contributed by atoms with Gasteiger partial charge in [0.1, 0.15) is 5.70 Å². The van der Waals surface area contributed by atoms with Crippen LogP contribution in [0, 0.1) is 0 Å². The van der Waals surface area contributed by atoms with Crippen LogP contribution in [0.5, 0.6) is 0 Å². The molecule has 0 aromatic heterocycles. The number of imide groups is 1. The Balaban J connectivity index is 1.65. The lowest BCUT2D eigenvalue weighted by atomic mass is 10.0. The predicted molar refractivity (Wildman–Crippen MR) is 112 cm³/mol. The number of nitrogens with zero attached hydrogens (tertiary/aromatic N) is 3. The lowest BCUT2D eigenvalue weighted by Gasteiger charge is -2.36. The standard InChI is InChI=1S/C23H31N3O3/c27-17-16-24-12-14-25(15-13-24)21-20(18-8-4-3-5-9-18)22(28)26(23(21)29)19-10-6-1-2-7-11-19/h3-5,8-9,19,27H,1-2,6-7,10-17H2. The molecule has 6 heteroatoms. The second-order valence-electron chi connectivity index (χ2n) is 8.27. The van der Waals surface area contributed by atoms with Gasteiger partial charge < -0.3 is 10.0 Å². The molecule has 2 fully saturated rings. The van der Waals surface area contributed by atoms with Crippen molar-refractivity contribution in [3.8, 4) is 0 Å². The minimum Gasteiger partial charge on any atom is -0.395 e. The molecular formula is C23H31N3O3. The third-order valence-corrected chi connectivity index (χ3v) is 6.45. The molecule has 156 valence electrons. The van der Waals surface area contributed by atoms with Crippen LogP contribution in [0.15, 0.2) is 36.0 Å². The molecule has 2 heterocycles. The van der Waals surface area contributed by atoms with Gasteiger partial charge in [0, 0.05) is 38.8 Å². The minimum absolute atomic E-state index is 0.0180. The SMILES string of the molecule is O=C1C(c2ccccc2)=C(N2CCN(CCO)CC2)C(=O)N1C1CCCCCC1. The van der Waals surface area contributed by atoms with Gasteiger partial charge in [0.25, 0.3) is 11.8 Å². The van der Waals surface area contributed by atoms with E-state index in [1.54, 1.807) is 4.90 Å². The number of amides is 2. The molecule has 2 amide bonds. The smallest absolute Gasteiger partial charge is 0.278 e. The van der Waals surface area contributed by atoms with Crippen LogP contribution < -0.4 is 0 Å². The van der Waals surface area contributed by atoms with Crippen LogP contribution in [0.3, 0.4) is 0 Å². The van der Waals surface area contributed by atoms with Crippen LogP contribution in [0.1, 0.15) is 44.1 Å². The highest BCUT2D eigenvalue weighted by Gasteiger charge is 2.45. The van der Waals surface area contributed by atoms with E-state index in [1.165, 1.54) is 12.8 Å². The summed E-state index contributed by atoms with van der Waals surface area (Å²) in [7, 11) is 0. The zero-order chi connectivity index (χ0) is 20.2. The van der Waals surface area contributed by atoms with Crippen molar-refractivity contribution in [1.82, 2.24) is 14.7 Å². The van der Waals surface area contributed by atoms with Crippen molar-refractivity contribution >= 4 is 17.4 Å². The molecular weight excluding hydrogens is 366 g/mol. The Kier molecular flexibility index (Phi) is 6.31. The zero-order valence-corrected chi connectivity index (χ0v) is 17.1. The van der Waals surface area contributed by atoms with Crippen LogP contribution in [0.4, 0.5) is 0 Å². The van der Waals surface area contributed by atoms with E-state index >= 15 is 0 Å². The number of carbonyl (C=O) groups is 2. The Labute approximate surface area is 172 Å². The van der Waals surface area contributed by atoms with E-state index in [4.69, 9.17) is 0 Å². The fourth-order valence-corrected chi connectivity index (χ4v) is 4.88. The van der Waals surface area contributed by atoms with Crippen LogP contribution in [0.25, 0.3) is 5.57 Å². The fourth-order valence-electron chi connectivity index (χ4n) is 4.88. The van der Waals surface area contributed by atoms with E-state index in [9.17, 15) is 14.7 Å². The highest BCUT2D eigenvalue weighted by Crippen LogP contribution is 2.36. The number of benzene rings is 1. The Morgan fingerprint density at radius 3 is 2.14 bits per heavy atom. The molecule has 1 aromatic carbocycles. The maximum atomic E-state index is 13.6. The first-order valence-electron chi connectivity index (χ1n) is 11.0. The molecule has 0 spiro atoms. The summed E-state index contributed by atoms with van der Waals surface area (Å²) < 4.78 is 0. The molecule has 0 radical (unpaired) electrons. The minimum atomic E-state index is -0.124. The van der Waals surface area contributed by atoms with Crippen molar-refractivity contribution in [2.24, 2.45) is 0 Å². The second kappa shape index (κ2) is 9.09. The molecule has 6 nitrogen and oxygen atoms in total. The normalized spacial score (nSPS) is 22.5. The lowest BCUT2D eigenvalue weighted by molar-refractivity contribution is -0.140. The molecule has 1 aromatic rings. The number of aliphatic hydroxyl groups is 1. The average molecular weight is 398 g/mol. The van der Waals surface area contributed by atoms with E-state index in [0.29, 0.717) is 30.9 Å². The van der Waals surface area contributed by atoms with Gasteiger partial charge in [-0.1, -0.05) is 56.0 Å². The Morgan fingerprint density at radius 2 is 1.52 bits per heavy atom. The van der Waals surface area contributed by atoms with Crippen LogP contribution in [-0.2, 0) is 9.59 Å². The highest BCUT2D eigenvalue weighted by molar-refractivity contribution is 6.35. The molecule has 29 heavy (non-hydrogen) atoms. The van der Waals surface area contributed by atoms with Crippen LogP contribution in [0.2, 0.25) is 0 Å². The summed E-state index contributed by atoms with van der Waals surface area (Å²) in [4.78, 5) is 33.0. The molecule has 1 saturated carbocycles. The third kappa shape index (κ3) is 4.09. The quantitative estimate of drug-likeness (QED) is 0.609. The summed E-state index contributed by atoms with van der Waals surface area (Å²) in [6, 6.07) is 9.65. The molecule has 0 atom stereocenters. The molecule has 3 aliphatic rings. The van der Waals surface area contributed by atoms with Gasteiger partial charge in [0.2, 0.25) is 0 Å². The number of piperazine rings is 1. The Morgan fingerprint density at radius 1 is 0.862 bits per heavy atom. The van der Waals surface area contributed by atoms with Crippen molar-refractivity contribution in [1.29, 1.82) is 0 Å². The first-order valence-corrected chi connectivity index (χ1v) is 11.0. The Bertz CT molecular complexity index is 761. The van der Waals surface area contributed by atoms with Gasteiger partial charge in [-0.2, -0.15) is 0 Å². The highest BCUT2D eigenvalue weighted by atomic mass is 16.3. The molecule has 1 saturated heterocycles. The summed E-state index contributed by atoms with van der Waals surface area (Å²) in [5, 5.41) is 9.20. The van der Waals surface area contributed by atoms with Gasteiger partial charge in [-0.15, -0.1) is 0 Å². The van der Waals surface area contributed by atoms with Gasteiger partial charge in [-0.05, 0) is 18.4 Å². The first kappa shape index (κ1) is 20.1. The summed E-state index contributed by atoms with van der Waals surface area (Å²) in [6.07, 6.45) is 6.36. The van der Waals surface area contributed by atoms with Gasteiger partial charge in [-0.25, -0.2) is 0 Å². The number of β-amino-alcohol motifs (C(OH)–C–C–N with tert-alkyl or cyclic N) is 1. The zero-order valence-electron chi connectivity index (χ0n) is 17.1. The average Bonchev–Trinajstić information content (AvgIpc) is 2.91. The van der Waals surface area contributed by atoms with E-state index in [0.717, 1.165) is 44.3 Å². The van der Waals surface area contributed by atoms with Gasteiger partial charge in [0.15, 0.2) is 0 Å². The second-order valence-corrected chi connectivity index (χ2v) is 8.27. The molecule has 2 aliphatic heterocycles. The number of hydrogen-bond donors (Lipinski definition) is 1. The van der Waals surface area contributed by atoms with Crippen molar-refractivity contribution in [2.45, 2.75) is 44.6 Å². The third-order valence-electron chi connectivity index (χ3n) is 6.45. The number of rotatable bonds is 5. The number of carbonyl (C=O) groups excluding carboxylic acids is 2. The van der Waals surface area contributed by atoms with Crippen LogP contribution >= 0.6 is 0 Å². The van der Waals surface area contributed by atoms with Gasteiger partial charge >= 0.3 is 0 Å². The number of aliphatic hydroxyl groups excluding tert-OH is 1. The lowest BCUT2D eigenvalue weighted by Crippen LogP contribution is -2.49. The molecule has 1 aliphatic carbocycles. The van der Waals surface area contributed by atoms with Crippen LogP contribution in [-0.4, -0.2) is 77.0 Å². The largest absolute Gasteiger partial charge is 0.395 e. The van der Waals surface area contributed by atoms with Crippen molar-refractivity contribution in [2.75, 3.05) is 39.3 Å². The topological polar surface area (TPSA) is 64.1 Å². The van der Waals surface area contributed by atoms with E-state index in [2.05, 4.69) is 9.80 Å². The summed E-state index contributed by atoms with van der Waals surface area (Å²) in [5.41, 5.74) is 1.97. The summed E-state index contributed by atoms with van der Waals surface area (Å²) >= 11 is 0. The number of hydrogen-bond acceptors (Lipinski definition) is 5. The summed E-state index contributed by atoms with van der Waals surface area (Å²) in [5.74, 6) is -0.239. The van der Waals surface area contributed by atoms with E-state index in [1.807, 2.05) is 30.3 Å². The monoisotopic (exact) mass is 397 g/mol. The van der Waals surface area contributed by atoms with Gasteiger partial charge in [-0.3, -0.25) is 19.4 Å². The molecule has 0 bridgehead atoms. The maximum absolute atomic E-state index is 13.6. The Hall–Kier alpha value is -2.18. The van der Waals surface area contributed by atoms with Gasteiger partial charge in [0.05, 0.1) is 12.2 Å².